The van der Waals surface area contributed by atoms with Gasteiger partial charge in [0.05, 0.1) is 12.2 Å². The predicted octanol–water partition coefficient (Wildman–Crippen LogP) is 2.76. The number of hydrogen-bond donors (Lipinski definition) is 2. The Morgan fingerprint density at radius 2 is 2.17 bits per heavy atom. The first-order valence-electron chi connectivity index (χ1n) is 5.11. The van der Waals surface area contributed by atoms with Gasteiger partial charge in [0.1, 0.15) is 0 Å². The molecular weight excluding hydrogens is 247 g/mol. The Balaban J connectivity index is 2.00. The number of alkyl halides is 2. The second-order valence-corrected chi connectivity index (χ2v) is 3.46. The first-order chi connectivity index (χ1) is 8.65. The summed E-state index contributed by atoms with van der Waals surface area (Å²) in [6, 6.07) is 5.46. The Kier molecular flexibility index (Phi) is 3.71. The molecule has 2 aromatic rings. The molecule has 96 valence electrons. The van der Waals surface area contributed by atoms with Gasteiger partial charge >= 0.3 is 6.61 Å². The molecule has 0 spiro atoms. The lowest BCUT2D eigenvalue weighted by atomic mass is 10.3. The number of aromatic amines is 1. The normalized spacial score (nSPS) is 10.7. The van der Waals surface area contributed by atoms with E-state index < -0.39 is 18.2 Å². The van der Waals surface area contributed by atoms with E-state index in [0.29, 0.717) is 12.2 Å². The Labute approximate surface area is 101 Å². The highest BCUT2D eigenvalue weighted by molar-refractivity contribution is 5.47. The molecule has 0 atom stereocenters. The number of ether oxygens (including phenoxy) is 1. The average Bonchev–Trinajstić information content (AvgIpc) is 2.82. The van der Waals surface area contributed by atoms with Crippen molar-refractivity contribution < 1.29 is 17.9 Å². The SMILES string of the molecule is Fc1cc(NCc2ccn[nH]2)ccc1OC(F)F. The Hall–Kier alpha value is -2.18. The van der Waals surface area contributed by atoms with Gasteiger partial charge in [-0.3, -0.25) is 5.10 Å². The Bertz CT molecular complexity index is 502. The molecule has 2 rings (SSSR count). The van der Waals surface area contributed by atoms with Gasteiger partial charge < -0.3 is 10.1 Å². The molecule has 18 heavy (non-hydrogen) atoms. The van der Waals surface area contributed by atoms with Crippen molar-refractivity contribution in [2.75, 3.05) is 5.32 Å². The quantitative estimate of drug-likeness (QED) is 0.865. The Morgan fingerprint density at radius 3 is 2.78 bits per heavy atom. The molecule has 0 aliphatic rings. The van der Waals surface area contributed by atoms with Gasteiger partial charge in [-0.2, -0.15) is 13.9 Å². The van der Waals surface area contributed by atoms with Crippen molar-refractivity contribution in [3.05, 3.63) is 42.0 Å². The maximum absolute atomic E-state index is 13.4. The van der Waals surface area contributed by atoms with Gasteiger partial charge in [-0.05, 0) is 18.2 Å². The van der Waals surface area contributed by atoms with Crippen LogP contribution in [0.25, 0.3) is 0 Å². The zero-order valence-corrected chi connectivity index (χ0v) is 9.16. The van der Waals surface area contributed by atoms with E-state index >= 15 is 0 Å². The number of H-pyrrole nitrogens is 1. The smallest absolute Gasteiger partial charge is 0.387 e. The fourth-order valence-electron chi connectivity index (χ4n) is 1.38. The number of aromatic nitrogens is 2. The maximum atomic E-state index is 13.4. The first kappa shape index (κ1) is 12.3. The minimum Gasteiger partial charge on any atom is -0.432 e. The second-order valence-electron chi connectivity index (χ2n) is 3.46. The van der Waals surface area contributed by atoms with Gasteiger partial charge in [-0.1, -0.05) is 0 Å². The lowest BCUT2D eigenvalue weighted by Crippen LogP contribution is -2.05. The van der Waals surface area contributed by atoms with Crippen LogP contribution in [0.3, 0.4) is 0 Å². The van der Waals surface area contributed by atoms with E-state index in [2.05, 4.69) is 20.3 Å². The van der Waals surface area contributed by atoms with Crippen molar-refractivity contribution in [2.24, 2.45) is 0 Å². The number of nitrogens with zero attached hydrogens (tertiary/aromatic N) is 1. The van der Waals surface area contributed by atoms with Crippen molar-refractivity contribution in [1.82, 2.24) is 10.2 Å². The molecule has 7 heteroatoms. The minimum atomic E-state index is -3.04. The van der Waals surface area contributed by atoms with Crippen LogP contribution in [0.4, 0.5) is 18.9 Å². The molecule has 0 aliphatic heterocycles. The summed E-state index contributed by atoms with van der Waals surface area (Å²) in [6.07, 6.45) is 1.59. The first-order valence-corrected chi connectivity index (χ1v) is 5.11. The van der Waals surface area contributed by atoms with E-state index in [9.17, 15) is 13.2 Å². The molecule has 1 aromatic carbocycles. The average molecular weight is 257 g/mol. The summed E-state index contributed by atoms with van der Waals surface area (Å²) in [5, 5.41) is 9.40. The fraction of sp³-hybridized carbons (Fsp3) is 0.182. The monoisotopic (exact) mass is 257 g/mol. The summed E-state index contributed by atoms with van der Waals surface area (Å²) < 4.78 is 41.2. The molecule has 0 saturated carbocycles. The highest BCUT2D eigenvalue weighted by atomic mass is 19.3. The van der Waals surface area contributed by atoms with Crippen LogP contribution in [0.15, 0.2) is 30.5 Å². The number of benzene rings is 1. The van der Waals surface area contributed by atoms with Gasteiger partial charge in [0, 0.05) is 18.0 Å². The van der Waals surface area contributed by atoms with E-state index in [0.717, 1.165) is 17.8 Å². The van der Waals surface area contributed by atoms with Gasteiger partial charge in [0.2, 0.25) is 0 Å². The lowest BCUT2D eigenvalue weighted by molar-refractivity contribution is -0.0521. The summed E-state index contributed by atoms with van der Waals surface area (Å²) in [5.74, 6) is -1.32. The van der Waals surface area contributed by atoms with Gasteiger partial charge in [-0.15, -0.1) is 0 Å². The standard InChI is InChI=1S/C11H10F3N3O/c12-9-5-7(1-2-10(9)18-11(13)14)15-6-8-3-4-16-17-8/h1-5,11,15H,6H2,(H,16,17). The lowest BCUT2D eigenvalue weighted by Gasteiger charge is -2.08. The molecule has 0 saturated heterocycles. The van der Waals surface area contributed by atoms with E-state index in [1.165, 1.54) is 6.07 Å². The predicted molar refractivity (Wildman–Crippen MR) is 58.9 cm³/mol. The van der Waals surface area contributed by atoms with E-state index in [1.54, 1.807) is 12.3 Å². The zero-order chi connectivity index (χ0) is 13.0. The highest BCUT2D eigenvalue weighted by Crippen LogP contribution is 2.22. The number of nitrogens with one attached hydrogen (secondary N) is 2. The summed E-state index contributed by atoms with van der Waals surface area (Å²) in [4.78, 5) is 0. The summed E-state index contributed by atoms with van der Waals surface area (Å²) in [7, 11) is 0. The van der Waals surface area contributed by atoms with Crippen LogP contribution < -0.4 is 10.1 Å². The molecule has 0 bridgehead atoms. The van der Waals surface area contributed by atoms with E-state index in [1.807, 2.05) is 0 Å². The number of anilines is 1. The zero-order valence-electron chi connectivity index (χ0n) is 9.16. The largest absolute Gasteiger partial charge is 0.432 e. The molecule has 0 aliphatic carbocycles. The van der Waals surface area contributed by atoms with Crippen molar-refractivity contribution >= 4 is 5.69 Å². The molecular formula is C11H10F3N3O. The van der Waals surface area contributed by atoms with Crippen LogP contribution in [0.2, 0.25) is 0 Å². The van der Waals surface area contributed by atoms with Crippen molar-refractivity contribution in [3.63, 3.8) is 0 Å². The number of rotatable bonds is 5. The molecule has 0 amide bonds. The molecule has 0 radical (unpaired) electrons. The number of hydrogen-bond acceptors (Lipinski definition) is 3. The van der Waals surface area contributed by atoms with Crippen LogP contribution in [0.5, 0.6) is 5.75 Å². The van der Waals surface area contributed by atoms with Gasteiger partial charge in [-0.25, -0.2) is 4.39 Å². The van der Waals surface area contributed by atoms with E-state index in [4.69, 9.17) is 0 Å². The third-order valence-corrected chi connectivity index (χ3v) is 2.19. The van der Waals surface area contributed by atoms with Crippen molar-refractivity contribution in [2.45, 2.75) is 13.2 Å². The minimum absolute atomic E-state index is 0.425. The Morgan fingerprint density at radius 1 is 1.33 bits per heavy atom. The highest BCUT2D eigenvalue weighted by Gasteiger charge is 2.10. The summed E-state index contributed by atoms with van der Waals surface area (Å²) >= 11 is 0. The summed E-state index contributed by atoms with van der Waals surface area (Å²) in [6.45, 7) is -2.61. The number of halogens is 3. The summed E-state index contributed by atoms with van der Waals surface area (Å²) in [5.41, 5.74) is 1.28. The van der Waals surface area contributed by atoms with Crippen LogP contribution in [0, 0.1) is 5.82 Å². The van der Waals surface area contributed by atoms with Crippen LogP contribution >= 0.6 is 0 Å². The van der Waals surface area contributed by atoms with Crippen molar-refractivity contribution in [3.8, 4) is 5.75 Å². The molecule has 0 unspecified atom stereocenters. The third kappa shape index (κ3) is 3.16. The van der Waals surface area contributed by atoms with Gasteiger partial charge in [0.15, 0.2) is 11.6 Å². The van der Waals surface area contributed by atoms with Gasteiger partial charge in [0.25, 0.3) is 0 Å². The fourth-order valence-corrected chi connectivity index (χ4v) is 1.38. The molecule has 1 aromatic heterocycles. The van der Waals surface area contributed by atoms with Crippen LogP contribution in [0.1, 0.15) is 5.69 Å². The van der Waals surface area contributed by atoms with Crippen LogP contribution in [-0.4, -0.2) is 16.8 Å². The van der Waals surface area contributed by atoms with Crippen LogP contribution in [-0.2, 0) is 6.54 Å². The second kappa shape index (κ2) is 5.44. The maximum Gasteiger partial charge on any atom is 0.387 e. The molecule has 4 nitrogen and oxygen atoms in total. The molecule has 2 N–H and O–H groups in total. The van der Waals surface area contributed by atoms with Crippen molar-refractivity contribution in [1.29, 1.82) is 0 Å². The topological polar surface area (TPSA) is 49.9 Å². The van der Waals surface area contributed by atoms with E-state index in [-0.39, 0.29) is 0 Å². The molecule has 0 fully saturated rings. The third-order valence-electron chi connectivity index (χ3n) is 2.19. The molecule has 1 heterocycles.